The van der Waals surface area contributed by atoms with Gasteiger partial charge < -0.3 is 24.3 Å². The van der Waals surface area contributed by atoms with E-state index in [1.165, 1.54) is 32.1 Å². The van der Waals surface area contributed by atoms with Gasteiger partial charge in [-0.2, -0.15) is 0 Å². The Morgan fingerprint density at radius 1 is 1.04 bits per heavy atom. The van der Waals surface area contributed by atoms with Crippen LogP contribution in [0.15, 0.2) is 54.1 Å². The normalized spacial score (nSPS) is 15.5. The van der Waals surface area contributed by atoms with Crippen LogP contribution in [0.2, 0.25) is 0 Å². The zero-order valence-corrected chi connectivity index (χ0v) is 15.4. The first-order chi connectivity index (χ1) is 13.2. The van der Waals surface area contributed by atoms with Crippen LogP contribution in [0.25, 0.3) is 6.08 Å². The van der Waals surface area contributed by atoms with Crippen LogP contribution in [0.4, 0.5) is 0 Å². The molecule has 1 saturated heterocycles. The highest BCUT2D eigenvalue weighted by atomic mass is 16.7. The minimum absolute atomic E-state index is 0.100. The Kier molecular flexibility index (Phi) is 5.53. The van der Waals surface area contributed by atoms with Gasteiger partial charge in [-0.15, -0.1) is 0 Å². The quantitative estimate of drug-likeness (QED) is 0.346. The van der Waals surface area contributed by atoms with Gasteiger partial charge in [-0.1, -0.05) is 42.5 Å². The molecule has 0 aromatic heterocycles. The molecule has 1 aliphatic rings. The van der Waals surface area contributed by atoms with Crippen LogP contribution in [0.1, 0.15) is 25.0 Å². The van der Waals surface area contributed by atoms with E-state index in [0.29, 0.717) is 5.56 Å². The number of carbonyl (C=O) groups excluding carboxylic acids is 2. The summed E-state index contributed by atoms with van der Waals surface area (Å²) in [6.07, 6.45) is 1.27. The highest BCUT2D eigenvalue weighted by Crippen LogP contribution is 2.24. The van der Waals surface area contributed by atoms with Gasteiger partial charge in [0, 0.05) is 19.3 Å². The molecule has 1 aliphatic heterocycles. The largest absolute Gasteiger partial charge is 0.492 e. The number of hydrogen-bond donors (Lipinski definition) is 2. The monoisotopic (exact) mass is 382 g/mol. The SMILES string of the molecule is CC1(C)OC(=O)C(=Cc2ccc(OCc3ccccc3)c(B(O)O)c2)C(=O)O1. The standard InChI is InChI=1S/C20H19BO7/c1-20(2)27-18(22)15(19(23)28-20)10-14-8-9-17(16(11-14)21(24)25)26-12-13-6-4-3-5-7-13/h3-11,24-25H,12H2,1-2H3. The van der Waals surface area contributed by atoms with Crippen molar-refractivity contribution in [3.05, 3.63) is 65.2 Å². The maximum atomic E-state index is 12.1. The zero-order valence-electron chi connectivity index (χ0n) is 15.4. The van der Waals surface area contributed by atoms with Crippen molar-refractivity contribution in [2.75, 3.05) is 0 Å². The van der Waals surface area contributed by atoms with E-state index in [-0.39, 0.29) is 23.4 Å². The van der Waals surface area contributed by atoms with Gasteiger partial charge >= 0.3 is 19.1 Å². The lowest BCUT2D eigenvalue weighted by Gasteiger charge is -2.29. The second-order valence-corrected chi connectivity index (χ2v) is 6.68. The molecule has 0 amide bonds. The number of ether oxygens (including phenoxy) is 3. The summed E-state index contributed by atoms with van der Waals surface area (Å²) >= 11 is 0. The molecule has 0 spiro atoms. The molecule has 0 unspecified atom stereocenters. The molecule has 0 radical (unpaired) electrons. The minimum Gasteiger partial charge on any atom is -0.489 e. The third kappa shape index (κ3) is 4.60. The molecule has 144 valence electrons. The highest BCUT2D eigenvalue weighted by Gasteiger charge is 2.38. The van der Waals surface area contributed by atoms with Gasteiger partial charge in [0.25, 0.3) is 5.79 Å². The number of benzene rings is 2. The van der Waals surface area contributed by atoms with Crippen molar-refractivity contribution in [2.45, 2.75) is 26.2 Å². The molecule has 2 N–H and O–H groups in total. The Bertz CT molecular complexity index is 897. The molecule has 0 bridgehead atoms. The van der Waals surface area contributed by atoms with Crippen molar-refractivity contribution >= 4 is 30.6 Å². The molecule has 1 fully saturated rings. The summed E-state index contributed by atoms with van der Waals surface area (Å²) in [5.41, 5.74) is 1.12. The first-order valence-corrected chi connectivity index (χ1v) is 8.60. The molecule has 3 rings (SSSR count). The fourth-order valence-electron chi connectivity index (χ4n) is 2.67. The van der Waals surface area contributed by atoms with Crippen molar-refractivity contribution in [1.29, 1.82) is 0 Å². The summed E-state index contributed by atoms with van der Waals surface area (Å²) in [4.78, 5) is 24.1. The molecular weight excluding hydrogens is 363 g/mol. The predicted molar refractivity (Wildman–Crippen MR) is 101 cm³/mol. The van der Waals surface area contributed by atoms with Crippen LogP contribution in [0.3, 0.4) is 0 Å². The lowest BCUT2D eigenvalue weighted by atomic mass is 9.78. The van der Waals surface area contributed by atoms with E-state index in [4.69, 9.17) is 14.2 Å². The smallest absolute Gasteiger partial charge is 0.489 e. The van der Waals surface area contributed by atoms with Crippen molar-refractivity contribution in [3.63, 3.8) is 0 Å². The van der Waals surface area contributed by atoms with Gasteiger partial charge in [0.2, 0.25) is 0 Å². The van der Waals surface area contributed by atoms with E-state index >= 15 is 0 Å². The van der Waals surface area contributed by atoms with E-state index in [1.807, 2.05) is 30.3 Å². The molecule has 2 aromatic rings. The maximum Gasteiger partial charge on any atom is 0.492 e. The van der Waals surface area contributed by atoms with Gasteiger partial charge in [-0.3, -0.25) is 0 Å². The first kappa shape index (κ1) is 19.7. The minimum atomic E-state index is -1.80. The van der Waals surface area contributed by atoms with Crippen molar-refractivity contribution < 1.29 is 33.8 Å². The highest BCUT2D eigenvalue weighted by molar-refractivity contribution is 6.59. The summed E-state index contributed by atoms with van der Waals surface area (Å²) in [7, 11) is -1.80. The zero-order chi connectivity index (χ0) is 20.3. The summed E-state index contributed by atoms with van der Waals surface area (Å²) in [5, 5.41) is 19.4. The van der Waals surface area contributed by atoms with Crippen molar-refractivity contribution in [2.24, 2.45) is 0 Å². The van der Waals surface area contributed by atoms with Gasteiger partial charge in [-0.25, -0.2) is 9.59 Å². The lowest BCUT2D eigenvalue weighted by molar-refractivity contribution is -0.222. The molecule has 28 heavy (non-hydrogen) atoms. The fraction of sp³-hybridized carbons (Fsp3) is 0.200. The van der Waals surface area contributed by atoms with Crippen LogP contribution in [0.5, 0.6) is 5.75 Å². The second kappa shape index (κ2) is 7.88. The average molecular weight is 382 g/mol. The summed E-state index contributed by atoms with van der Waals surface area (Å²) < 4.78 is 15.8. The molecule has 0 aliphatic carbocycles. The Labute approximate surface area is 162 Å². The Hall–Kier alpha value is -3.10. The molecular formula is C20H19BO7. The van der Waals surface area contributed by atoms with E-state index in [2.05, 4.69) is 0 Å². The van der Waals surface area contributed by atoms with E-state index in [1.54, 1.807) is 6.07 Å². The lowest BCUT2D eigenvalue weighted by Crippen LogP contribution is -2.41. The second-order valence-electron chi connectivity index (χ2n) is 6.68. The van der Waals surface area contributed by atoms with Gasteiger partial charge in [0.15, 0.2) is 0 Å². The summed E-state index contributed by atoms with van der Waals surface area (Å²) in [6.45, 7) is 3.16. The molecule has 2 aromatic carbocycles. The molecule has 8 heteroatoms. The average Bonchev–Trinajstić information content (AvgIpc) is 2.63. The molecule has 7 nitrogen and oxygen atoms in total. The summed E-state index contributed by atoms with van der Waals surface area (Å²) in [6, 6.07) is 13.9. The number of rotatable bonds is 5. The topological polar surface area (TPSA) is 102 Å². The van der Waals surface area contributed by atoms with Crippen LogP contribution >= 0.6 is 0 Å². The summed E-state index contributed by atoms with van der Waals surface area (Å²) in [5.74, 6) is -2.67. The van der Waals surface area contributed by atoms with Crippen molar-refractivity contribution in [3.8, 4) is 5.75 Å². The Balaban J connectivity index is 1.84. The Morgan fingerprint density at radius 2 is 1.68 bits per heavy atom. The van der Waals surface area contributed by atoms with E-state index in [9.17, 15) is 19.6 Å². The van der Waals surface area contributed by atoms with Gasteiger partial charge in [0.1, 0.15) is 17.9 Å². The molecule has 0 saturated carbocycles. The van der Waals surface area contributed by atoms with Crippen LogP contribution in [0, 0.1) is 0 Å². The van der Waals surface area contributed by atoms with E-state index < -0.39 is 24.8 Å². The fourth-order valence-corrected chi connectivity index (χ4v) is 2.67. The van der Waals surface area contributed by atoms with Gasteiger partial charge in [0.05, 0.1) is 0 Å². The third-order valence-electron chi connectivity index (χ3n) is 3.98. The Morgan fingerprint density at radius 3 is 2.29 bits per heavy atom. The number of carbonyl (C=O) groups is 2. The molecule has 1 heterocycles. The number of hydrogen-bond acceptors (Lipinski definition) is 7. The maximum absolute atomic E-state index is 12.1. The number of esters is 2. The van der Waals surface area contributed by atoms with Crippen LogP contribution < -0.4 is 10.2 Å². The number of cyclic esters (lactones) is 2. The van der Waals surface area contributed by atoms with Crippen molar-refractivity contribution in [1.82, 2.24) is 0 Å². The van der Waals surface area contributed by atoms with Crippen LogP contribution in [-0.4, -0.2) is 34.9 Å². The van der Waals surface area contributed by atoms with Gasteiger partial charge in [-0.05, 0) is 23.3 Å². The van der Waals surface area contributed by atoms with E-state index in [0.717, 1.165) is 5.56 Å². The molecule has 0 atom stereocenters. The predicted octanol–water partition coefficient (Wildman–Crippen LogP) is 1.16. The van der Waals surface area contributed by atoms with Crippen LogP contribution in [-0.2, 0) is 25.7 Å². The third-order valence-corrected chi connectivity index (χ3v) is 3.98. The first-order valence-electron chi connectivity index (χ1n) is 8.60.